The van der Waals surface area contributed by atoms with Crippen molar-refractivity contribution in [1.29, 1.82) is 0 Å². The molecule has 1 aliphatic carbocycles. The number of rotatable bonds is 8. The van der Waals surface area contributed by atoms with Gasteiger partial charge >= 0.3 is 0 Å². The highest BCUT2D eigenvalue weighted by atomic mass is 35.5. The van der Waals surface area contributed by atoms with Crippen molar-refractivity contribution in [2.75, 3.05) is 40.3 Å². The predicted octanol–water partition coefficient (Wildman–Crippen LogP) is 5.22. The molecule has 3 heterocycles. The van der Waals surface area contributed by atoms with E-state index in [0.29, 0.717) is 41.7 Å². The highest BCUT2D eigenvalue weighted by molar-refractivity contribution is 6.31. The van der Waals surface area contributed by atoms with Gasteiger partial charge in [-0.25, -0.2) is 5.43 Å². The van der Waals surface area contributed by atoms with E-state index in [1.807, 2.05) is 72.9 Å². The van der Waals surface area contributed by atoms with Crippen molar-refractivity contribution >= 4 is 36.5 Å². The summed E-state index contributed by atoms with van der Waals surface area (Å²) in [5, 5.41) is 5.10. The molecule has 1 unspecified atom stereocenters. The molecular weight excluding hydrogens is 628 g/mol. The van der Waals surface area contributed by atoms with Crippen LogP contribution < -0.4 is 10.9 Å². The van der Waals surface area contributed by atoms with Gasteiger partial charge in [-0.2, -0.15) is 5.10 Å². The van der Waals surface area contributed by atoms with E-state index >= 15 is 0 Å². The number of aryl methyl sites for hydroxylation is 1. The Balaban J connectivity index is 0.000000265. The van der Waals surface area contributed by atoms with Crippen LogP contribution in [0.25, 0.3) is 0 Å². The molecule has 3 aliphatic rings. The number of amides is 2. The number of likely N-dealkylation sites (tertiary alicyclic amines) is 2. The summed E-state index contributed by atoms with van der Waals surface area (Å²) >= 11 is 5.79. The number of carbonyl (C=O) groups excluding carboxylic acids is 4. The third-order valence-electron chi connectivity index (χ3n) is 8.50. The summed E-state index contributed by atoms with van der Waals surface area (Å²) in [4.78, 5) is 46.4. The van der Waals surface area contributed by atoms with Gasteiger partial charge in [-0.05, 0) is 55.0 Å². The first-order chi connectivity index (χ1) is 23.0. The van der Waals surface area contributed by atoms with E-state index in [4.69, 9.17) is 11.6 Å². The number of benzene rings is 2. The maximum Gasteiger partial charge on any atom is 0.257 e. The van der Waals surface area contributed by atoms with Crippen molar-refractivity contribution in [3.63, 3.8) is 0 Å². The van der Waals surface area contributed by atoms with Gasteiger partial charge in [0, 0.05) is 62.2 Å². The summed E-state index contributed by atoms with van der Waals surface area (Å²) in [6.45, 7) is 14.8. The number of nitrogens with zero attached hydrogens (tertiary/aromatic N) is 4. The number of nitrogens with one attached hydrogen (secondary N) is 2. The largest absolute Gasteiger partial charge is 0.338 e. The fraction of sp³-hybridized carbons (Fsp3) is 0.486. The topological polar surface area (TPSA) is 117 Å². The van der Waals surface area contributed by atoms with Gasteiger partial charge in [-0.3, -0.25) is 19.7 Å². The number of halogens is 1. The first-order valence-corrected chi connectivity index (χ1v) is 16.9. The predicted molar refractivity (Wildman–Crippen MR) is 192 cm³/mol. The molecule has 0 bridgehead atoms. The summed E-state index contributed by atoms with van der Waals surface area (Å²) in [7, 11) is 3.76. The lowest BCUT2D eigenvalue weighted by Gasteiger charge is -2.46. The van der Waals surface area contributed by atoms with Crippen LogP contribution in [0.1, 0.15) is 67.6 Å². The van der Waals surface area contributed by atoms with Crippen molar-refractivity contribution in [3.05, 3.63) is 88.2 Å². The lowest BCUT2D eigenvalue weighted by molar-refractivity contribution is -0.110. The molecule has 1 spiro atoms. The molecule has 0 radical (unpaired) electrons. The Bertz CT molecular complexity index is 1440. The zero-order chi connectivity index (χ0) is 35.7. The van der Waals surface area contributed by atoms with Crippen LogP contribution in [-0.2, 0) is 27.3 Å². The summed E-state index contributed by atoms with van der Waals surface area (Å²) in [5.74, 6) is 0.489. The Kier molecular flexibility index (Phi) is 16.7. The van der Waals surface area contributed by atoms with Crippen LogP contribution in [0, 0.1) is 23.7 Å². The number of aromatic nitrogens is 2. The molecule has 1 aromatic heterocycles. The molecule has 1 atom stereocenters. The van der Waals surface area contributed by atoms with Gasteiger partial charge in [0.05, 0.1) is 18.3 Å². The monoisotopic (exact) mass is 680 g/mol. The lowest BCUT2D eigenvalue weighted by Crippen LogP contribution is -2.55. The van der Waals surface area contributed by atoms with Gasteiger partial charge in [0.1, 0.15) is 12.6 Å². The molecule has 10 nitrogen and oxygen atoms in total. The summed E-state index contributed by atoms with van der Waals surface area (Å²) in [5.41, 5.74) is 9.20. The molecule has 3 fully saturated rings. The van der Waals surface area contributed by atoms with Gasteiger partial charge in [0.2, 0.25) is 6.41 Å². The maximum absolute atomic E-state index is 12.7. The Morgan fingerprint density at radius 2 is 1.71 bits per heavy atom. The van der Waals surface area contributed by atoms with E-state index in [1.54, 1.807) is 13.2 Å². The average molecular weight is 681 g/mol. The van der Waals surface area contributed by atoms with E-state index in [-0.39, 0.29) is 5.91 Å². The molecule has 2 N–H and O–H groups in total. The molecule has 262 valence electrons. The second-order valence-corrected chi connectivity index (χ2v) is 13.4. The van der Waals surface area contributed by atoms with Crippen molar-refractivity contribution in [2.24, 2.45) is 16.7 Å². The fourth-order valence-electron chi connectivity index (χ4n) is 5.71. The summed E-state index contributed by atoms with van der Waals surface area (Å²) in [6.07, 6.45) is 8.77. The van der Waals surface area contributed by atoms with Gasteiger partial charge in [-0.15, -0.1) is 0 Å². The van der Waals surface area contributed by atoms with Crippen LogP contribution in [-0.4, -0.2) is 84.7 Å². The molecule has 11 heteroatoms. The van der Waals surface area contributed by atoms with Crippen LogP contribution in [0.2, 0.25) is 5.02 Å². The van der Waals surface area contributed by atoms with Crippen molar-refractivity contribution in [3.8, 4) is 0 Å². The smallest absolute Gasteiger partial charge is 0.257 e. The van der Waals surface area contributed by atoms with Gasteiger partial charge in [0.25, 0.3) is 5.91 Å². The molecule has 2 amide bonds. The molecule has 3 aromatic rings. The third kappa shape index (κ3) is 12.6. The zero-order valence-corrected chi connectivity index (χ0v) is 30.3. The fourth-order valence-corrected chi connectivity index (χ4v) is 5.83. The van der Waals surface area contributed by atoms with E-state index in [2.05, 4.69) is 53.9 Å². The number of hydrazine groups is 1. The molecule has 2 saturated heterocycles. The van der Waals surface area contributed by atoms with E-state index < -0.39 is 0 Å². The second kappa shape index (κ2) is 19.8. The molecular formula is C37H53ClN6O4. The lowest BCUT2D eigenvalue weighted by atomic mass is 9.79. The van der Waals surface area contributed by atoms with Crippen molar-refractivity contribution < 1.29 is 19.2 Å². The Morgan fingerprint density at radius 3 is 2.19 bits per heavy atom. The highest BCUT2D eigenvalue weighted by Gasteiger charge is 2.47. The minimum Gasteiger partial charge on any atom is -0.338 e. The Hall–Kier alpha value is -3.86. The van der Waals surface area contributed by atoms with Gasteiger partial charge in [0.15, 0.2) is 0 Å². The molecule has 6 rings (SSSR count). The number of aldehydes is 2. The molecule has 1 saturated carbocycles. The number of hydrogen-bond acceptors (Lipinski definition) is 7. The van der Waals surface area contributed by atoms with Crippen molar-refractivity contribution in [2.45, 2.75) is 60.4 Å². The summed E-state index contributed by atoms with van der Waals surface area (Å²) in [6, 6.07) is 15.8. The van der Waals surface area contributed by atoms with Crippen LogP contribution in [0.3, 0.4) is 0 Å². The quantitative estimate of drug-likeness (QED) is 0.248. The minimum absolute atomic E-state index is 0.121. The zero-order valence-electron chi connectivity index (χ0n) is 29.5. The van der Waals surface area contributed by atoms with Gasteiger partial charge < -0.3 is 19.4 Å². The minimum atomic E-state index is 0.121. The average Bonchev–Trinajstić information content (AvgIpc) is 3.37. The van der Waals surface area contributed by atoms with Crippen LogP contribution in [0.15, 0.2) is 60.9 Å². The maximum atomic E-state index is 12.7. The standard InChI is InChI=1S/C18H22N4O.C9H9ClO.C6H10O.C2H6N2O.C2H6/c1-20-12-18(13-20)7-8-21(14-18)17(23)16-9-19-22(11-16)10-15-5-3-2-4-6-15;1-7-6-8(4-5-11)2-3-9(7)10;1-6(2)3-5(6)4-7;1-3-4-2-5;1-2/h2-6,9,11H,7-8,10,12-14H2,1H3;2-3,5-6H,4H2,1H3;4-5H,3H2,1-2H3;2-3H,1H3,(H,4,5);1-2H3. The Morgan fingerprint density at radius 1 is 1.04 bits per heavy atom. The second-order valence-electron chi connectivity index (χ2n) is 13.0. The van der Waals surface area contributed by atoms with E-state index in [9.17, 15) is 19.2 Å². The van der Waals surface area contributed by atoms with Crippen LogP contribution >= 0.6 is 11.6 Å². The van der Waals surface area contributed by atoms with Gasteiger partial charge in [-0.1, -0.05) is 81.8 Å². The normalized spacial score (nSPS) is 17.7. The SMILES string of the molecule is CC.CC1(C)CC1C=O.CN1CC2(CCN(C(=O)c3cnn(Cc4ccccc4)c3)C2)C1.CNNC=O.Cc1cc(CC=O)ccc1Cl. The summed E-state index contributed by atoms with van der Waals surface area (Å²) < 4.78 is 1.84. The first-order valence-electron chi connectivity index (χ1n) is 16.5. The van der Waals surface area contributed by atoms with Crippen LogP contribution in [0.4, 0.5) is 0 Å². The molecule has 48 heavy (non-hydrogen) atoms. The van der Waals surface area contributed by atoms with Crippen molar-refractivity contribution in [1.82, 2.24) is 30.4 Å². The third-order valence-corrected chi connectivity index (χ3v) is 8.93. The first kappa shape index (κ1) is 40.3. The van der Waals surface area contributed by atoms with E-state index in [0.717, 1.165) is 67.7 Å². The molecule has 2 aromatic carbocycles. The Labute approximate surface area is 291 Å². The van der Waals surface area contributed by atoms with E-state index in [1.165, 1.54) is 5.56 Å². The highest BCUT2D eigenvalue weighted by Crippen LogP contribution is 2.49. The van der Waals surface area contributed by atoms with Crippen LogP contribution in [0.5, 0.6) is 0 Å². The number of carbonyl (C=O) groups is 4. The number of hydrogen-bond donors (Lipinski definition) is 2. The molecule has 2 aliphatic heterocycles.